The van der Waals surface area contributed by atoms with E-state index in [1.807, 2.05) is 30.0 Å². The van der Waals surface area contributed by atoms with Crippen molar-refractivity contribution in [3.8, 4) is 0 Å². The minimum atomic E-state index is -0.0218. The number of nitrogens with one attached hydrogen (secondary N) is 1. The van der Waals surface area contributed by atoms with Crippen molar-refractivity contribution in [3.63, 3.8) is 0 Å². The van der Waals surface area contributed by atoms with Crippen LogP contribution in [0, 0.1) is 0 Å². The average Bonchev–Trinajstić information content (AvgIpc) is 2.55. The lowest BCUT2D eigenvalue weighted by atomic mass is 10.00. The molecule has 1 heterocycles. The molecule has 1 atom stereocenters. The highest BCUT2D eigenvalue weighted by atomic mass is 16.5. The predicted molar refractivity (Wildman–Crippen MR) is 83.3 cm³/mol. The molecule has 0 aromatic heterocycles. The number of benzene rings is 2. The third-order valence-electron chi connectivity index (χ3n) is 3.93. The van der Waals surface area contributed by atoms with Gasteiger partial charge in [0.05, 0.1) is 19.3 Å². The molecule has 2 aromatic carbocycles. The van der Waals surface area contributed by atoms with Gasteiger partial charge < -0.3 is 15.0 Å². The summed E-state index contributed by atoms with van der Waals surface area (Å²) in [6.45, 7) is 4.59. The Morgan fingerprint density at radius 3 is 2.67 bits per heavy atom. The Labute approximate surface area is 124 Å². The number of hydrogen-bond donors (Lipinski definition) is 1. The first-order valence-electron chi connectivity index (χ1n) is 7.36. The summed E-state index contributed by atoms with van der Waals surface area (Å²) in [5, 5.41) is 5.48. The van der Waals surface area contributed by atoms with Crippen molar-refractivity contribution >= 4 is 16.8 Å². The highest BCUT2D eigenvalue weighted by Gasteiger charge is 2.19. The highest BCUT2D eigenvalue weighted by molar-refractivity contribution is 5.86. The molecule has 110 valence electrons. The summed E-state index contributed by atoms with van der Waals surface area (Å²) in [4.78, 5) is 14.1. The maximum Gasteiger partial charge on any atom is 0.318 e. The smallest absolute Gasteiger partial charge is 0.318 e. The van der Waals surface area contributed by atoms with E-state index in [4.69, 9.17) is 4.74 Å². The quantitative estimate of drug-likeness (QED) is 0.921. The molecule has 21 heavy (non-hydrogen) atoms. The van der Waals surface area contributed by atoms with Crippen LogP contribution in [-0.4, -0.2) is 37.2 Å². The fourth-order valence-electron chi connectivity index (χ4n) is 2.75. The van der Waals surface area contributed by atoms with E-state index >= 15 is 0 Å². The van der Waals surface area contributed by atoms with Crippen LogP contribution in [0.1, 0.15) is 18.5 Å². The fraction of sp³-hybridized carbons (Fsp3) is 0.353. The van der Waals surface area contributed by atoms with Crippen LogP contribution in [0.15, 0.2) is 42.5 Å². The third kappa shape index (κ3) is 3.00. The summed E-state index contributed by atoms with van der Waals surface area (Å²) in [7, 11) is 0. The summed E-state index contributed by atoms with van der Waals surface area (Å²) < 4.78 is 5.28. The molecule has 4 heteroatoms. The molecule has 4 nitrogen and oxygen atoms in total. The third-order valence-corrected chi connectivity index (χ3v) is 3.93. The summed E-state index contributed by atoms with van der Waals surface area (Å²) in [6.07, 6.45) is 0. The fourth-order valence-corrected chi connectivity index (χ4v) is 2.75. The lowest BCUT2D eigenvalue weighted by Crippen LogP contribution is -2.46. The Morgan fingerprint density at radius 1 is 1.14 bits per heavy atom. The molecule has 1 N–H and O–H groups in total. The molecule has 1 saturated heterocycles. The van der Waals surface area contributed by atoms with Gasteiger partial charge in [-0.2, -0.15) is 0 Å². The second kappa shape index (κ2) is 6.14. The van der Waals surface area contributed by atoms with Crippen molar-refractivity contribution in [2.45, 2.75) is 13.0 Å². The largest absolute Gasteiger partial charge is 0.378 e. The van der Waals surface area contributed by atoms with Gasteiger partial charge in [0.2, 0.25) is 0 Å². The maximum atomic E-state index is 12.3. The van der Waals surface area contributed by atoms with Gasteiger partial charge in [-0.3, -0.25) is 0 Å². The van der Waals surface area contributed by atoms with Gasteiger partial charge in [0.1, 0.15) is 0 Å². The normalized spacial score (nSPS) is 16.7. The Hall–Kier alpha value is -2.07. The van der Waals surface area contributed by atoms with Crippen LogP contribution < -0.4 is 5.32 Å². The number of hydrogen-bond acceptors (Lipinski definition) is 2. The van der Waals surface area contributed by atoms with Crippen LogP contribution in [0.5, 0.6) is 0 Å². The van der Waals surface area contributed by atoms with Crippen LogP contribution in [0.3, 0.4) is 0 Å². The maximum absolute atomic E-state index is 12.3. The van der Waals surface area contributed by atoms with Crippen molar-refractivity contribution < 1.29 is 9.53 Å². The highest BCUT2D eigenvalue weighted by Crippen LogP contribution is 2.24. The van der Waals surface area contributed by atoms with E-state index in [0.29, 0.717) is 26.3 Å². The molecular weight excluding hydrogens is 264 g/mol. The average molecular weight is 284 g/mol. The van der Waals surface area contributed by atoms with Crippen molar-refractivity contribution in [2.75, 3.05) is 26.3 Å². The number of amides is 2. The zero-order valence-corrected chi connectivity index (χ0v) is 12.2. The van der Waals surface area contributed by atoms with Crippen molar-refractivity contribution in [3.05, 3.63) is 48.0 Å². The summed E-state index contributed by atoms with van der Waals surface area (Å²) in [6, 6.07) is 14.4. The number of carbonyl (C=O) groups is 1. The number of morpholine rings is 1. The second-order valence-corrected chi connectivity index (χ2v) is 5.34. The Balaban J connectivity index is 1.77. The van der Waals surface area contributed by atoms with Gasteiger partial charge in [0.25, 0.3) is 0 Å². The molecule has 1 fully saturated rings. The lowest BCUT2D eigenvalue weighted by Gasteiger charge is -2.28. The molecule has 1 aliphatic heterocycles. The van der Waals surface area contributed by atoms with Crippen LogP contribution in [0.25, 0.3) is 10.8 Å². The molecular formula is C17H20N2O2. The number of fused-ring (bicyclic) bond motifs is 1. The molecule has 2 aromatic rings. The standard InChI is InChI=1S/C17H20N2O2/c1-13(18-17(20)19-9-11-21-12-10-19)15-8-4-6-14-5-2-3-7-16(14)15/h2-8,13H,9-12H2,1H3,(H,18,20). The van der Waals surface area contributed by atoms with E-state index < -0.39 is 0 Å². The van der Waals surface area contributed by atoms with Gasteiger partial charge in [-0.05, 0) is 23.3 Å². The number of ether oxygens (including phenoxy) is 1. The van der Waals surface area contributed by atoms with E-state index in [0.717, 1.165) is 5.56 Å². The summed E-state index contributed by atoms with van der Waals surface area (Å²) in [5.74, 6) is 0. The zero-order chi connectivity index (χ0) is 14.7. The van der Waals surface area contributed by atoms with Crippen molar-refractivity contribution in [1.29, 1.82) is 0 Å². The van der Waals surface area contributed by atoms with Crippen LogP contribution in [-0.2, 0) is 4.74 Å². The first-order valence-corrected chi connectivity index (χ1v) is 7.36. The van der Waals surface area contributed by atoms with Crippen molar-refractivity contribution in [1.82, 2.24) is 10.2 Å². The molecule has 0 radical (unpaired) electrons. The Kier molecular flexibility index (Phi) is 4.06. The zero-order valence-electron chi connectivity index (χ0n) is 12.2. The van der Waals surface area contributed by atoms with E-state index in [9.17, 15) is 4.79 Å². The molecule has 0 spiro atoms. The number of rotatable bonds is 2. The van der Waals surface area contributed by atoms with Crippen LogP contribution >= 0.6 is 0 Å². The summed E-state index contributed by atoms with van der Waals surface area (Å²) in [5.41, 5.74) is 1.15. The monoisotopic (exact) mass is 284 g/mol. The molecule has 1 unspecified atom stereocenters. The van der Waals surface area contributed by atoms with Gasteiger partial charge in [0.15, 0.2) is 0 Å². The van der Waals surface area contributed by atoms with Crippen molar-refractivity contribution in [2.24, 2.45) is 0 Å². The minimum absolute atomic E-state index is 0.0151. The summed E-state index contributed by atoms with van der Waals surface area (Å²) >= 11 is 0. The van der Waals surface area contributed by atoms with E-state index in [1.165, 1.54) is 10.8 Å². The van der Waals surface area contributed by atoms with Crippen LogP contribution in [0.2, 0.25) is 0 Å². The Morgan fingerprint density at radius 2 is 1.86 bits per heavy atom. The number of urea groups is 1. The van der Waals surface area contributed by atoms with Crippen LogP contribution in [0.4, 0.5) is 4.79 Å². The molecule has 0 saturated carbocycles. The first kappa shape index (κ1) is 13.9. The lowest BCUT2D eigenvalue weighted by molar-refractivity contribution is 0.0526. The first-order chi connectivity index (χ1) is 10.3. The van der Waals surface area contributed by atoms with Gasteiger partial charge in [-0.15, -0.1) is 0 Å². The van der Waals surface area contributed by atoms with Gasteiger partial charge in [0, 0.05) is 13.1 Å². The van der Waals surface area contributed by atoms with E-state index in [-0.39, 0.29) is 12.1 Å². The molecule has 0 aliphatic carbocycles. The molecule has 1 aliphatic rings. The van der Waals surface area contributed by atoms with E-state index in [1.54, 1.807) is 0 Å². The van der Waals surface area contributed by atoms with Gasteiger partial charge >= 0.3 is 6.03 Å². The molecule has 2 amide bonds. The topological polar surface area (TPSA) is 41.6 Å². The number of nitrogens with zero attached hydrogens (tertiary/aromatic N) is 1. The number of carbonyl (C=O) groups excluding carboxylic acids is 1. The SMILES string of the molecule is CC(NC(=O)N1CCOCC1)c1cccc2ccccc12. The predicted octanol–water partition coefficient (Wildman–Crippen LogP) is 2.94. The Bertz CT molecular complexity index is 630. The van der Waals surface area contributed by atoms with E-state index in [2.05, 4.69) is 29.6 Å². The molecule has 3 rings (SSSR count). The van der Waals surface area contributed by atoms with Gasteiger partial charge in [-0.25, -0.2) is 4.79 Å². The molecule has 0 bridgehead atoms. The second-order valence-electron chi connectivity index (χ2n) is 5.34. The minimum Gasteiger partial charge on any atom is -0.378 e. The van der Waals surface area contributed by atoms with Gasteiger partial charge in [-0.1, -0.05) is 42.5 Å².